The molecule has 2 aromatic rings. The molecule has 18 heavy (non-hydrogen) atoms. The van der Waals surface area contributed by atoms with E-state index in [1.807, 2.05) is 29.6 Å². The van der Waals surface area contributed by atoms with Gasteiger partial charge in [-0.25, -0.2) is 5.43 Å². The maximum absolute atomic E-state index is 5.65. The lowest BCUT2D eigenvalue weighted by Gasteiger charge is -2.17. The zero-order chi connectivity index (χ0) is 13.0. The van der Waals surface area contributed by atoms with E-state index in [1.54, 1.807) is 25.6 Å². The van der Waals surface area contributed by atoms with Crippen molar-refractivity contribution in [2.75, 3.05) is 14.2 Å². The van der Waals surface area contributed by atoms with Gasteiger partial charge in [0.1, 0.15) is 11.5 Å². The van der Waals surface area contributed by atoms with Crippen molar-refractivity contribution in [3.05, 3.63) is 46.2 Å². The van der Waals surface area contributed by atoms with Crippen LogP contribution in [-0.2, 0) is 0 Å². The predicted molar refractivity (Wildman–Crippen MR) is 73.0 cm³/mol. The van der Waals surface area contributed by atoms with Crippen molar-refractivity contribution < 1.29 is 9.47 Å². The highest BCUT2D eigenvalue weighted by Gasteiger charge is 2.15. The Morgan fingerprint density at radius 3 is 2.22 bits per heavy atom. The van der Waals surface area contributed by atoms with E-state index in [4.69, 9.17) is 15.3 Å². The van der Waals surface area contributed by atoms with Crippen molar-refractivity contribution in [1.82, 2.24) is 5.43 Å². The Morgan fingerprint density at radius 2 is 1.78 bits per heavy atom. The molecule has 0 aliphatic rings. The van der Waals surface area contributed by atoms with Crippen molar-refractivity contribution in [1.29, 1.82) is 0 Å². The SMILES string of the molecule is COc1cc(OC)cc(C(NN)c2ccsc2)c1. The minimum absolute atomic E-state index is 0.0692. The molecule has 4 nitrogen and oxygen atoms in total. The van der Waals surface area contributed by atoms with Crippen LogP contribution in [0.4, 0.5) is 0 Å². The number of ether oxygens (including phenoxy) is 2. The van der Waals surface area contributed by atoms with Crippen LogP contribution in [0.15, 0.2) is 35.0 Å². The number of hydrazine groups is 1. The van der Waals surface area contributed by atoms with E-state index in [-0.39, 0.29) is 6.04 Å². The minimum Gasteiger partial charge on any atom is -0.497 e. The average Bonchev–Trinajstić information content (AvgIpc) is 2.93. The summed E-state index contributed by atoms with van der Waals surface area (Å²) in [5.74, 6) is 7.15. The first-order chi connectivity index (χ1) is 8.78. The molecule has 96 valence electrons. The number of benzene rings is 1. The van der Waals surface area contributed by atoms with Gasteiger partial charge in [0.25, 0.3) is 0 Å². The van der Waals surface area contributed by atoms with Crippen LogP contribution in [0.1, 0.15) is 17.2 Å². The number of hydrogen-bond donors (Lipinski definition) is 2. The van der Waals surface area contributed by atoms with Crippen LogP contribution in [-0.4, -0.2) is 14.2 Å². The molecular formula is C13H16N2O2S. The van der Waals surface area contributed by atoms with Gasteiger partial charge in [-0.05, 0) is 40.1 Å². The van der Waals surface area contributed by atoms with E-state index in [1.165, 1.54) is 0 Å². The summed E-state index contributed by atoms with van der Waals surface area (Å²) in [4.78, 5) is 0. The number of nitrogens with two attached hydrogens (primary N) is 1. The quantitative estimate of drug-likeness (QED) is 0.643. The van der Waals surface area contributed by atoms with E-state index in [0.29, 0.717) is 0 Å². The third-order valence-corrected chi connectivity index (χ3v) is 3.45. The molecule has 0 amide bonds. The minimum atomic E-state index is -0.0692. The number of methoxy groups -OCH3 is 2. The normalized spacial score (nSPS) is 12.2. The summed E-state index contributed by atoms with van der Waals surface area (Å²) in [7, 11) is 3.27. The molecule has 0 bridgehead atoms. The molecule has 1 aromatic heterocycles. The maximum Gasteiger partial charge on any atom is 0.122 e. The molecule has 0 saturated heterocycles. The average molecular weight is 264 g/mol. The smallest absolute Gasteiger partial charge is 0.122 e. The fraction of sp³-hybridized carbons (Fsp3) is 0.231. The molecule has 5 heteroatoms. The van der Waals surface area contributed by atoms with Crippen molar-refractivity contribution >= 4 is 11.3 Å². The molecule has 1 heterocycles. The van der Waals surface area contributed by atoms with E-state index in [0.717, 1.165) is 22.6 Å². The summed E-state index contributed by atoms with van der Waals surface area (Å²) >= 11 is 1.64. The second kappa shape index (κ2) is 5.86. The van der Waals surface area contributed by atoms with Gasteiger partial charge in [-0.1, -0.05) is 0 Å². The van der Waals surface area contributed by atoms with E-state index in [9.17, 15) is 0 Å². The first-order valence-corrected chi connectivity index (χ1v) is 6.44. The Bertz CT molecular complexity index is 477. The Kier molecular flexibility index (Phi) is 4.19. The second-order valence-corrected chi connectivity index (χ2v) is 4.58. The van der Waals surface area contributed by atoms with Gasteiger partial charge in [-0.15, -0.1) is 0 Å². The van der Waals surface area contributed by atoms with Crippen LogP contribution in [0.5, 0.6) is 11.5 Å². The van der Waals surface area contributed by atoms with Gasteiger partial charge < -0.3 is 9.47 Å². The van der Waals surface area contributed by atoms with Crippen LogP contribution in [0.2, 0.25) is 0 Å². The summed E-state index contributed by atoms with van der Waals surface area (Å²) in [5, 5.41) is 4.09. The molecule has 0 aliphatic carbocycles. The first-order valence-electron chi connectivity index (χ1n) is 5.49. The molecule has 1 aromatic carbocycles. The maximum atomic E-state index is 5.65. The standard InChI is InChI=1S/C13H16N2O2S/c1-16-11-5-10(6-12(7-11)17-2)13(15-14)9-3-4-18-8-9/h3-8,13,15H,14H2,1-2H3. The zero-order valence-electron chi connectivity index (χ0n) is 10.3. The van der Waals surface area contributed by atoms with Gasteiger partial charge in [0, 0.05) is 6.07 Å². The molecule has 0 aliphatic heterocycles. The topological polar surface area (TPSA) is 56.5 Å². The fourth-order valence-electron chi connectivity index (χ4n) is 1.82. The van der Waals surface area contributed by atoms with Crippen LogP contribution in [0, 0.1) is 0 Å². The lowest BCUT2D eigenvalue weighted by atomic mass is 10.0. The molecule has 0 radical (unpaired) electrons. The van der Waals surface area contributed by atoms with Gasteiger partial charge in [0.05, 0.1) is 20.3 Å². The Hall–Kier alpha value is -1.56. The predicted octanol–water partition coefficient (Wildman–Crippen LogP) is 2.32. The highest BCUT2D eigenvalue weighted by molar-refractivity contribution is 7.08. The number of nitrogens with one attached hydrogen (secondary N) is 1. The lowest BCUT2D eigenvalue weighted by Crippen LogP contribution is -2.28. The zero-order valence-corrected chi connectivity index (χ0v) is 11.2. The molecule has 0 spiro atoms. The number of thiophene rings is 1. The van der Waals surface area contributed by atoms with Crippen molar-refractivity contribution in [2.24, 2.45) is 5.84 Å². The van der Waals surface area contributed by atoms with Gasteiger partial charge in [-0.2, -0.15) is 11.3 Å². The van der Waals surface area contributed by atoms with Gasteiger partial charge in [0.15, 0.2) is 0 Å². The molecule has 2 rings (SSSR count). The van der Waals surface area contributed by atoms with E-state index < -0.39 is 0 Å². The molecule has 1 atom stereocenters. The highest BCUT2D eigenvalue weighted by atomic mass is 32.1. The van der Waals surface area contributed by atoms with Crippen LogP contribution >= 0.6 is 11.3 Å². The molecule has 0 fully saturated rings. The van der Waals surface area contributed by atoms with Gasteiger partial charge >= 0.3 is 0 Å². The fourth-order valence-corrected chi connectivity index (χ4v) is 2.51. The third kappa shape index (κ3) is 2.64. The first kappa shape index (κ1) is 12.9. The third-order valence-electron chi connectivity index (χ3n) is 2.75. The highest BCUT2D eigenvalue weighted by Crippen LogP contribution is 2.30. The van der Waals surface area contributed by atoms with Gasteiger partial charge in [-0.3, -0.25) is 5.84 Å². The van der Waals surface area contributed by atoms with Crippen molar-refractivity contribution in [3.8, 4) is 11.5 Å². The monoisotopic (exact) mass is 264 g/mol. The van der Waals surface area contributed by atoms with Crippen molar-refractivity contribution in [3.63, 3.8) is 0 Å². The second-order valence-electron chi connectivity index (χ2n) is 3.80. The van der Waals surface area contributed by atoms with E-state index >= 15 is 0 Å². The van der Waals surface area contributed by atoms with Gasteiger partial charge in [0.2, 0.25) is 0 Å². The number of rotatable bonds is 5. The molecule has 0 saturated carbocycles. The Morgan fingerprint density at radius 1 is 1.11 bits per heavy atom. The van der Waals surface area contributed by atoms with Crippen molar-refractivity contribution in [2.45, 2.75) is 6.04 Å². The molecule has 1 unspecified atom stereocenters. The molecular weight excluding hydrogens is 248 g/mol. The summed E-state index contributed by atoms with van der Waals surface area (Å²) < 4.78 is 10.5. The van der Waals surface area contributed by atoms with Crippen LogP contribution < -0.4 is 20.7 Å². The Labute approximate surface area is 110 Å². The lowest BCUT2D eigenvalue weighted by molar-refractivity contribution is 0.392. The van der Waals surface area contributed by atoms with Crippen LogP contribution in [0.25, 0.3) is 0 Å². The van der Waals surface area contributed by atoms with E-state index in [2.05, 4.69) is 10.8 Å². The number of hydrogen-bond acceptors (Lipinski definition) is 5. The Balaban J connectivity index is 2.41. The molecule has 3 N–H and O–H groups in total. The largest absolute Gasteiger partial charge is 0.497 e. The summed E-state index contributed by atoms with van der Waals surface area (Å²) in [5.41, 5.74) is 4.95. The summed E-state index contributed by atoms with van der Waals surface area (Å²) in [6, 6.07) is 7.71. The summed E-state index contributed by atoms with van der Waals surface area (Å²) in [6.07, 6.45) is 0. The summed E-state index contributed by atoms with van der Waals surface area (Å²) in [6.45, 7) is 0. The van der Waals surface area contributed by atoms with Crippen LogP contribution in [0.3, 0.4) is 0 Å².